The molecule has 0 radical (unpaired) electrons. The van der Waals surface area contributed by atoms with E-state index >= 15 is 0 Å². The maximum atomic E-state index is 12.8. The highest BCUT2D eigenvalue weighted by Gasteiger charge is 2.44. The monoisotopic (exact) mass is 831 g/mol. The van der Waals surface area contributed by atoms with Gasteiger partial charge < -0.3 is 39.4 Å². The molecule has 0 spiro atoms. The molecule has 59 heavy (non-hydrogen) atoms. The Morgan fingerprint density at radius 1 is 0.542 bits per heavy atom. The molecular formula is C49H82O10. The van der Waals surface area contributed by atoms with Crippen LogP contribution in [0.4, 0.5) is 0 Å². The molecule has 0 aromatic rings. The summed E-state index contributed by atoms with van der Waals surface area (Å²) in [5.41, 5.74) is 0. The summed E-state index contributed by atoms with van der Waals surface area (Å²) in [5, 5.41) is 40.1. The number of hydrogen-bond acceptors (Lipinski definition) is 10. The fourth-order valence-corrected chi connectivity index (χ4v) is 6.44. The second kappa shape index (κ2) is 39.3. The van der Waals surface area contributed by atoms with E-state index in [2.05, 4.69) is 86.8 Å². The number of carbonyl (C=O) groups is 2. The maximum absolute atomic E-state index is 12.8. The lowest BCUT2D eigenvalue weighted by atomic mass is 9.99. The van der Waals surface area contributed by atoms with E-state index in [-0.39, 0.29) is 26.1 Å². The van der Waals surface area contributed by atoms with Crippen molar-refractivity contribution in [3.05, 3.63) is 72.9 Å². The lowest BCUT2D eigenvalue weighted by Crippen LogP contribution is -2.59. The van der Waals surface area contributed by atoms with Gasteiger partial charge in [0.25, 0.3) is 0 Å². The van der Waals surface area contributed by atoms with Gasteiger partial charge in [-0.05, 0) is 83.5 Å². The first kappa shape index (κ1) is 54.2. The van der Waals surface area contributed by atoms with Crippen molar-refractivity contribution >= 4 is 11.9 Å². The van der Waals surface area contributed by atoms with Gasteiger partial charge in [-0.1, -0.05) is 145 Å². The lowest BCUT2D eigenvalue weighted by Gasteiger charge is -2.39. The van der Waals surface area contributed by atoms with Crippen LogP contribution in [0.5, 0.6) is 0 Å². The predicted molar refractivity (Wildman–Crippen MR) is 238 cm³/mol. The Labute approximate surface area is 357 Å². The molecule has 338 valence electrons. The highest BCUT2D eigenvalue weighted by Crippen LogP contribution is 2.22. The Hall–Kier alpha value is -2.86. The highest BCUT2D eigenvalue weighted by molar-refractivity contribution is 5.70. The number of rotatable bonds is 37. The first-order chi connectivity index (χ1) is 28.8. The van der Waals surface area contributed by atoms with E-state index in [1.807, 2.05) is 0 Å². The minimum atomic E-state index is -1.61. The molecule has 4 N–H and O–H groups in total. The van der Waals surface area contributed by atoms with Gasteiger partial charge in [0.2, 0.25) is 0 Å². The third-order valence-corrected chi connectivity index (χ3v) is 10.1. The molecule has 0 bridgehead atoms. The number of carbonyl (C=O) groups excluding carboxylic acids is 2. The molecular weight excluding hydrogens is 749 g/mol. The van der Waals surface area contributed by atoms with E-state index < -0.39 is 55.4 Å². The van der Waals surface area contributed by atoms with Crippen LogP contribution in [0, 0.1) is 0 Å². The third kappa shape index (κ3) is 30.8. The quantitative estimate of drug-likeness (QED) is 0.0271. The van der Waals surface area contributed by atoms with E-state index in [1.54, 1.807) is 0 Å². The molecule has 10 nitrogen and oxygen atoms in total. The number of unbranched alkanes of at least 4 members (excludes halogenated alkanes) is 14. The first-order valence-corrected chi connectivity index (χ1v) is 23.0. The summed E-state index contributed by atoms with van der Waals surface area (Å²) in [6.07, 6.45) is 41.9. The van der Waals surface area contributed by atoms with Gasteiger partial charge in [0.1, 0.15) is 31.0 Å². The van der Waals surface area contributed by atoms with Crippen molar-refractivity contribution in [1.82, 2.24) is 0 Å². The van der Waals surface area contributed by atoms with E-state index in [1.165, 1.54) is 51.4 Å². The molecule has 1 aliphatic heterocycles. The van der Waals surface area contributed by atoms with Crippen LogP contribution in [0.2, 0.25) is 0 Å². The largest absolute Gasteiger partial charge is 0.462 e. The molecule has 1 heterocycles. The second-order valence-electron chi connectivity index (χ2n) is 15.5. The van der Waals surface area contributed by atoms with E-state index in [0.29, 0.717) is 12.8 Å². The fourth-order valence-electron chi connectivity index (χ4n) is 6.44. The van der Waals surface area contributed by atoms with Gasteiger partial charge in [-0.25, -0.2) is 0 Å². The molecule has 1 aliphatic rings. The van der Waals surface area contributed by atoms with E-state index in [9.17, 15) is 30.0 Å². The summed E-state index contributed by atoms with van der Waals surface area (Å²) in [7, 11) is 0. The normalized spacial score (nSPS) is 20.7. The predicted octanol–water partition coefficient (Wildman–Crippen LogP) is 10.00. The minimum absolute atomic E-state index is 0.186. The highest BCUT2D eigenvalue weighted by atomic mass is 16.7. The van der Waals surface area contributed by atoms with Crippen molar-refractivity contribution in [2.45, 2.75) is 205 Å². The minimum Gasteiger partial charge on any atom is -0.462 e. The Kier molecular flexibility index (Phi) is 36.1. The zero-order valence-electron chi connectivity index (χ0n) is 36.7. The summed E-state index contributed by atoms with van der Waals surface area (Å²) < 4.78 is 22.1. The smallest absolute Gasteiger partial charge is 0.306 e. The van der Waals surface area contributed by atoms with Crippen LogP contribution in [-0.2, 0) is 28.5 Å². The molecule has 0 saturated carbocycles. The SMILES string of the molecule is CC/C=C/C/C=C/C/C=C/C/C=C/C/C=C/CCCCCC(=O)O[C@H](COC(=O)CCCCCCCCC/C=C/CCCCCC)CO[C@@H]1O[C@H](CO)[C@H](O)C(O)C1O. The van der Waals surface area contributed by atoms with Crippen molar-refractivity contribution < 1.29 is 49.0 Å². The topological polar surface area (TPSA) is 152 Å². The van der Waals surface area contributed by atoms with Crippen LogP contribution < -0.4 is 0 Å². The van der Waals surface area contributed by atoms with Crippen molar-refractivity contribution in [3.8, 4) is 0 Å². The summed E-state index contributed by atoms with van der Waals surface area (Å²) in [4.78, 5) is 25.3. The molecule has 6 atom stereocenters. The number of allylic oxidation sites excluding steroid dienone is 12. The summed E-state index contributed by atoms with van der Waals surface area (Å²) in [6, 6.07) is 0. The molecule has 0 aromatic carbocycles. The van der Waals surface area contributed by atoms with Crippen molar-refractivity contribution in [1.29, 1.82) is 0 Å². The van der Waals surface area contributed by atoms with Crippen molar-refractivity contribution in [3.63, 3.8) is 0 Å². The molecule has 1 fully saturated rings. The van der Waals surface area contributed by atoms with Gasteiger partial charge in [0.05, 0.1) is 13.2 Å². The van der Waals surface area contributed by atoms with E-state index in [4.69, 9.17) is 18.9 Å². The van der Waals surface area contributed by atoms with Crippen LogP contribution >= 0.6 is 0 Å². The number of ether oxygens (including phenoxy) is 4. The van der Waals surface area contributed by atoms with Gasteiger partial charge >= 0.3 is 11.9 Å². The molecule has 0 aliphatic carbocycles. The lowest BCUT2D eigenvalue weighted by molar-refractivity contribution is -0.305. The fraction of sp³-hybridized carbons (Fsp3) is 0.714. The number of aliphatic hydroxyl groups excluding tert-OH is 4. The number of aliphatic hydroxyl groups is 4. The number of esters is 2. The zero-order chi connectivity index (χ0) is 43.0. The van der Waals surface area contributed by atoms with Gasteiger partial charge in [-0.15, -0.1) is 0 Å². The standard InChI is InChI=1S/C49H82O10/c1-3-5-7-9-11-13-15-17-19-20-21-22-24-26-28-30-32-34-36-38-45(52)58-42(41-57-49-48(55)47(54)46(53)43(39-50)59-49)40-56-44(51)37-35-33-31-29-27-25-23-18-16-14-12-10-8-6-4-2/h5,7,11,13-14,16-17,19,21-22,26,28,42-43,46-50,53-55H,3-4,6,8-10,12,15,18,20,23-25,27,29-41H2,1-2H3/b7-5+,13-11+,16-14+,19-17+,22-21+,28-26+/t42-,43-,46+,47?,48?,49-/m1/s1. The van der Waals surface area contributed by atoms with Gasteiger partial charge in [0, 0.05) is 12.8 Å². The van der Waals surface area contributed by atoms with Crippen LogP contribution in [-0.4, -0.2) is 89.0 Å². The zero-order valence-corrected chi connectivity index (χ0v) is 36.7. The van der Waals surface area contributed by atoms with Gasteiger partial charge in [-0.2, -0.15) is 0 Å². The Bertz CT molecular complexity index is 1190. The van der Waals surface area contributed by atoms with Crippen molar-refractivity contribution in [2.75, 3.05) is 19.8 Å². The molecule has 0 amide bonds. The average Bonchev–Trinajstić information content (AvgIpc) is 3.23. The van der Waals surface area contributed by atoms with Crippen molar-refractivity contribution in [2.24, 2.45) is 0 Å². The Morgan fingerprint density at radius 3 is 1.54 bits per heavy atom. The van der Waals surface area contributed by atoms with E-state index in [0.717, 1.165) is 77.0 Å². The molecule has 2 unspecified atom stereocenters. The van der Waals surface area contributed by atoms with Gasteiger partial charge in [0.15, 0.2) is 12.4 Å². The summed E-state index contributed by atoms with van der Waals surface area (Å²) in [6.45, 7) is 3.25. The van der Waals surface area contributed by atoms with Crippen LogP contribution in [0.25, 0.3) is 0 Å². The number of hydrogen-bond donors (Lipinski definition) is 4. The third-order valence-electron chi connectivity index (χ3n) is 10.1. The van der Waals surface area contributed by atoms with Crippen LogP contribution in [0.3, 0.4) is 0 Å². The molecule has 10 heteroatoms. The molecule has 1 rings (SSSR count). The first-order valence-electron chi connectivity index (χ1n) is 23.0. The Morgan fingerprint density at radius 2 is 1.00 bits per heavy atom. The van der Waals surface area contributed by atoms with Crippen LogP contribution in [0.1, 0.15) is 168 Å². The molecule has 1 saturated heterocycles. The average molecular weight is 831 g/mol. The summed E-state index contributed by atoms with van der Waals surface area (Å²) in [5.74, 6) is -0.854. The summed E-state index contributed by atoms with van der Waals surface area (Å²) >= 11 is 0. The Balaban J connectivity index is 2.36. The molecule has 0 aromatic heterocycles. The van der Waals surface area contributed by atoms with Crippen LogP contribution in [0.15, 0.2) is 72.9 Å². The van der Waals surface area contributed by atoms with Gasteiger partial charge in [-0.3, -0.25) is 9.59 Å². The maximum Gasteiger partial charge on any atom is 0.306 e. The second-order valence-corrected chi connectivity index (χ2v) is 15.5.